The zero-order valence-electron chi connectivity index (χ0n) is 13.7. The normalized spacial score (nSPS) is 13.9. The number of hydrogen-bond acceptors (Lipinski definition) is 4. The Kier molecular flexibility index (Phi) is 8.20. The first kappa shape index (κ1) is 20.8. The number of amides is 1. The van der Waals surface area contributed by atoms with Gasteiger partial charge in [0.25, 0.3) is 0 Å². The molecule has 0 bridgehead atoms. The Balaban J connectivity index is 0.000000381. The van der Waals surface area contributed by atoms with Crippen molar-refractivity contribution in [2.75, 3.05) is 25.5 Å². The average Bonchev–Trinajstić information content (AvgIpc) is 2.49. The van der Waals surface area contributed by atoms with E-state index in [1.54, 1.807) is 7.11 Å². The number of methoxy groups -OCH3 is 1. The van der Waals surface area contributed by atoms with E-state index in [0.717, 1.165) is 23.9 Å². The molecule has 0 atom stereocenters. The standard InChI is InChI=1S/C14H20N2O2.C2HF3O2/c1-18-13-7-3-6-12(8-13)16-14(17)10-15-9-11-4-2-5-11;3-2(4,5)1(6)7/h3,6-8,11,15H,2,4-5,9-10H2,1H3,(H,16,17);(H,6,7). The van der Waals surface area contributed by atoms with E-state index in [4.69, 9.17) is 14.6 Å². The first-order valence-corrected chi connectivity index (χ1v) is 7.67. The maximum Gasteiger partial charge on any atom is 0.490 e. The quantitative estimate of drug-likeness (QED) is 0.724. The van der Waals surface area contributed by atoms with Gasteiger partial charge in [0.15, 0.2) is 0 Å². The summed E-state index contributed by atoms with van der Waals surface area (Å²) in [6.45, 7) is 1.32. The fraction of sp³-hybridized carbons (Fsp3) is 0.500. The number of rotatable bonds is 6. The number of ether oxygens (including phenoxy) is 1. The molecule has 0 spiro atoms. The molecule has 3 N–H and O–H groups in total. The maximum atomic E-state index is 11.7. The lowest BCUT2D eigenvalue weighted by atomic mass is 9.85. The summed E-state index contributed by atoms with van der Waals surface area (Å²) >= 11 is 0. The van der Waals surface area contributed by atoms with Gasteiger partial charge in [0.2, 0.25) is 5.91 Å². The number of carbonyl (C=O) groups excluding carboxylic acids is 1. The van der Waals surface area contributed by atoms with Crippen LogP contribution in [0.5, 0.6) is 5.75 Å². The van der Waals surface area contributed by atoms with Gasteiger partial charge in [-0.1, -0.05) is 12.5 Å². The zero-order valence-corrected chi connectivity index (χ0v) is 13.7. The number of carboxylic acids is 1. The number of halogens is 3. The third-order valence-corrected chi connectivity index (χ3v) is 3.54. The van der Waals surface area contributed by atoms with Gasteiger partial charge in [-0.25, -0.2) is 4.79 Å². The molecule has 2 rings (SSSR count). The minimum atomic E-state index is -5.08. The number of carboxylic acid groups (broad SMARTS) is 1. The second kappa shape index (κ2) is 9.87. The van der Waals surface area contributed by atoms with Crippen LogP contribution in [0.1, 0.15) is 19.3 Å². The first-order chi connectivity index (χ1) is 11.7. The predicted octanol–water partition coefficient (Wildman–Crippen LogP) is 2.66. The Labute approximate surface area is 143 Å². The molecule has 0 aromatic heterocycles. The van der Waals surface area contributed by atoms with Gasteiger partial charge in [0.05, 0.1) is 13.7 Å². The number of anilines is 1. The van der Waals surface area contributed by atoms with Crippen molar-refractivity contribution in [1.82, 2.24) is 5.32 Å². The maximum absolute atomic E-state index is 11.7. The smallest absolute Gasteiger partial charge is 0.490 e. The van der Waals surface area contributed by atoms with Crippen LogP contribution in [0.4, 0.5) is 18.9 Å². The topological polar surface area (TPSA) is 87.7 Å². The largest absolute Gasteiger partial charge is 0.497 e. The summed E-state index contributed by atoms with van der Waals surface area (Å²) in [7, 11) is 1.61. The van der Waals surface area contributed by atoms with Crippen LogP contribution in [0, 0.1) is 5.92 Å². The van der Waals surface area contributed by atoms with Crippen molar-refractivity contribution < 1.29 is 32.6 Å². The van der Waals surface area contributed by atoms with Crippen molar-refractivity contribution in [3.05, 3.63) is 24.3 Å². The fourth-order valence-electron chi connectivity index (χ4n) is 1.99. The van der Waals surface area contributed by atoms with E-state index in [1.165, 1.54) is 19.3 Å². The number of hydrogen-bond donors (Lipinski definition) is 3. The number of alkyl halides is 3. The SMILES string of the molecule is COc1cccc(NC(=O)CNCC2CCC2)c1.O=C(O)C(F)(F)F. The molecular formula is C16H21F3N2O4. The van der Waals surface area contributed by atoms with Gasteiger partial charge < -0.3 is 20.5 Å². The minimum absolute atomic E-state index is 0.0115. The number of carbonyl (C=O) groups is 2. The van der Waals surface area contributed by atoms with Crippen LogP contribution in [0.3, 0.4) is 0 Å². The number of benzene rings is 1. The Bertz CT molecular complexity index is 575. The van der Waals surface area contributed by atoms with Crippen LogP contribution in [0.15, 0.2) is 24.3 Å². The Morgan fingerprint density at radius 1 is 1.32 bits per heavy atom. The van der Waals surface area contributed by atoms with Crippen LogP contribution < -0.4 is 15.4 Å². The lowest BCUT2D eigenvalue weighted by Gasteiger charge is -2.25. The molecular weight excluding hydrogens is 341 g/mol. The highest BCUT2D eigenvalue weighted by atomic mass is 19.4. The summed E-state index contributed by atoms with van der Waals surface area (Å²) in [5.41, 5.74) is 0.768. The molecule has 1 aliphatic carbocycles. The van der Waals surface area contributed by atoms with Crippen LogP contribution in [0.25, 0.3) is 0 Å². The molecule has 1 aliphatic rings. The van der Waals surface area contributed by atoms with Crippen molar-refractivity contribution in [1.29, 1.82) is 0 Å². The van der Waals surface area contributed by atoms with Gasteiger partial charge in [-0.3, -0.25) is 4.79 Å². The van der Waals surface area contributed by atoms with Crippen LogP contribution in [-0.4, -0.2) is 43.4 Å². The van der Waals surface area contributed by atoms with Crippen molar-refractivity contribution in [2.45, 2.75) is 25.4 Å². The molecule has 0 unspecified atom stereocenters. The molecule has 6 nitrogen and oxygen atoms in total. The number of aliphatic carboxylic acids is 1. The van der Waals surface area contributed by atoms with Gasteiger partial charge in [-0.2, -0.15) is 13.2 Å². The summed E-state index contributed by atoms with van der Waals surface area (Å²) in [6, 6.07) is 7.37. The molecule has 1 fully saturated rings. The third-order valence-electron chi connectivity index (χ3n) is 3.54. The Morgan fingerprint density at radius 3 is 2.44 bits per heavy atom. The van der Waals surface area contributed by atoms with E-state index in [1.807, 2.05) is 24.3 Å². The molecule has 1 saturated carbocycles. The third kappa shape index (κ3) is 8.39. The van der Waals surface area contributed by atoms with Crippen molar-refractivity contribution in [3.8, 4) is 5.75 Å². The van der Waals surface area contributed by atoms with Crippen LogP contribution in [0.2, 0.25) is 0 Å². The van der Waals surface area contributed by atoms with E-state index in [2.05, 4.69) is 10.6 Å². The van der Waals surface area contributed by atoms with Crippen LogP contribution in [-0.2, 0) is 9.59 Å². The van der Waals surface area contributed by atoms with Crippen LogP contribution >= 0.6 is 0 Å². The predicted molar refractivity (Wildman–Crippen MR) is 85.5 cm³/mol. The molecule has 1 amide bonds. The first-order valence-electron chi connectivity index (χ1n) is 7.67. The van der Waals surface area contributed by atoms with Crippen molar-refractivity contribution in [2.24, 2.45) is 5.92 Å². The van der Waals surface area contributed by atoms with E-state index in [9.17, 15) is 18.0 Å². The zero-order chi connectivity index (χ0) is 18.9. The van der Waals surface area contributed by atoms with Gasteiger partial charge in [-0.15, -0.1) is 0 Å². The monoisotopic (exact) mass is 362 g/mol. The highest BCUT2D eigenvalue weighted by Gasteiger charge is 2.38. The van der Waals surface area contributed by atoms with Gasteiger partial charge in [0, 0.05) is 11.8 Å². The Morgan fingerprint density at radius 2 is 1.96 bits per heavy atom. The van der Waals surface area contributed by atoms with E-state index >= 15 is 0 Å². The summed E-state index contributed by atoms with van der Waals surface area (Å²) in [5, 5.41) is 13.2. The molecule has 1 aromatic carbocycles. The summed E-state index contributed by atoms with van der Waals surface area (Å²) < 4.78 is 36.8. The molecule has 0 heterocycles. The van der Waals surface area contributed by atoms with Gasteiger partial charge in [-0.05, 0) is 37.4 Å². The average molecular weight is 362 g/mol. The molecule has 25 heavy (non-hydrogen) atoms. The molecule has 140 valence electrons. The molecule has 9 heteroatoms. The highest BCUT2D eigenvalue weighted by molar-refractivity contribution is 5.92. The van der Waals surface area contributed by atoms with E-state index < -0.39 is 12.1 Å². The van der Waals surface area contributed by atoms with Gasteiger partial charge >= 0.3 is 12.1 Å². The lowest BCUT2D eigenvalue weighted by Crippen LogP contribution is -2.33. The van der Waals surface area contributed by atoms with E-state index in [-0.39, 0.29) is 5.91 Å². The second-order valence-corrected chi connectivity index (χ2v) is 5.51. The minimum Gasteiger partial charge on any atom is -0.497 e. The highest BCUT2D eigenvalue weighted by Crippen LogP contribution is 2.25. The second-order valence-electron chi connectivity index (χ2n) is 5.51. The molecule has 1 aromatic rings. The summed E-state index contributed by atoms with van der Waals surface area (Å²) in [6.07, 6.45) is -1.16. The number of nitrogens with one attached hydrogen (secondary N) is 2. The molecule has 0 aliphatic heterocycles. The van der Waals surface area contributed by atoms with Gasteiger partial charge in [0.1, 0.15) is 5.75 Å². The lowest BCUT2D eigenvalue weighted by molar-refractivity contribution is -0.192. The van der Waals surface area contributed by atoms with Crippen molar-refractivity contribution >= 4 is 17.6 Å². The fourth-order valence-corrected chi connectivity index (χ4v) is 1.99. The summed E-state index contributed by atoms with van der Waals surface area (Å²) in [4.78, 5) is 20.6. The van der Waals surface area contributed by atoms with E-state index in [0.29, 0.717) is 6.54 Å². The molecule has 0 saturated heterocycles. The van der Waals surface area contributed by atoms with Crippen molar-refractivity contribution in [3.63, 3.8) is 0 Å². The summed E-state index contributed by atoms with van der Waals surface area (Å²) in [5.74, 6) is -1.25. The molecule has 0 radical (unpaired) electrons. The Hall–Kier alpha value is -2.29.